The fourth-order valence-corrected chi connectivity index (χ4v) is 18.6. The number of nitrogens with two attached hydrogens (primary N) is 5. The van der Waals surface area contributed by atoms with Gasteiger partial charge in [0.2, 0.25) is 70.9 Å². The minimum Gasteiger partial charge on any atom is -0.492 e. The van der Waals surface area contributed by atoms with E-state index in [1.807, 2.05) is 68.4 Å². The van der Waals surface area contributed by atoms with E-state index in [9.17, 15) is 53.1 Å². The maximum absolute atomic E-state index is 16.5. The minimum absolute atomic E-state index is 0.0290. The predicted octanol–water partition coefficient (Wildman–Crippen LogP) is 3.60. The number of unbranched alkanes of at least 4 members (excludes halogenated alkanes) is 2. The van der Waals surface area contributed by atoms with Gasteiger partial charge in [-0.2, -0.15) is 0 Å². The van der Waals surface area contributed by atoms with Crippen molar-refractivity contribution in [3.63, 3.8) is 0 Å². The van der Waals surface area contributed by atoms with Crippen LogP contribution in [0.3, 0.4) is 0 Å². The number of hydrogen-bond donors (Lipinski definition) is 18. The van der Waals surface area contributed by atoms with Gasteiger partial charge in [-0.15, -0.1) is 0 Å². The zero-order valence-electron chi connectivity index (χ0n) is 77.5. The average molecular weight is 1880 g/mol. The van der Waals surface area contributed by atoms with E-state index >= 15 is 33.6 Å². The van der Waals surface area contributed by atoms with Gasteiger partial charge in [-0.3, -0.25) is 76.7 Å². The summed E-state index contributed by atoms with van der Waals surface area (Å²) in [6.07, 6.45) is -3.74. The molecule has 23 N–H and O–H groups in total. The van der Waals surface area contributed by atoms with Crippen LogP contribution in [0.15, 0.2) is 115 Å². The zero-order chi connectivity index (χ0) is 98.2. The average Bonchev–Trinajstić information content (AvgIpc) is 1.79. The molecular formula is C95H131N17O19S2. The summed E-state index contributed by atoms with van der Waals surface area (Å²) in [5, 5.41) is 43.1. The number of aromatic nitrogens is 1. The van der Waals surface area contributed by atoms with E-state index in [1.54, 1.807) is 74.6 Å². The van der Waals surface area contributed by atoms with Gasteiger partial charge in [-0.25, -0.2) is 4.79 Å². The number of urea groups is 1. The second-order valence-electron chi connectivity index (χ2n) is 35.6. The summed E-state index contributed by atoms with van der Waals surface area (Å²) in [6.45, 7) is 16.8. The number of carbonyl (C=O) groups excluding carboxylic acids is 17. The third-order valence-corrected chi connectivity index (χ3v) is 27.6. The highest BCUT2D eigenvalue weighted by molar-refractivity contribution is 8.77. The van der Waals surface area contributed by atoms with Crippen LogP contribution >= 0.6 is 21.6 Å². The molecule has 722 valence electrons. The Bertz CT molecular complexity index is 5140. The maximum atomic E-state index is 16.5. The number of H-pyrrole nitrogens is 1. The fraction of sp³-hybridized carbons (Fsp3) is 0.505. The number of aliphatic hydroxyl groups is 1. The molecule has 7 rings (SSSR count). The third kappa shape index (κ3) is 33.8. The highest BCUT2D eigenvalue weighted by atomic mass is 33.1. The van der Waals surface area contributed by atoms with E-state index in [1.165, 1.54) is 34.6 Å². The van der Waals surface area contributed by atoms with Crippen molar-refractivity contribution in [2.45, 2.75) is 255 Å². The molecule has 0 spiro atoms. The van der Waals surface area contributed by atoms with Crippen molar-refractivity contribution >= 4 is 143 Å². The summed E-state index contributed by atoms with van der Waals surface area (Å²) in [4.78, 5) is 249. The Morgan fingerprint density at radius 1 is 0.564 bits per heavy atom. The molecule has 0 aliphatic carbocycles. The number of carbonyl (C=O) groups is 17. The molecule has 0 bridgehead atoms. The smallest absolute Gasteiger partial charge is 0.312 e. The molecule has 36 nitrogen and oxygen atoms in total. The molecular weight excluding hydrogens is 1750 g/mol. The lowest BCUT2D eigenvalue weighted by Gasteiger charge is -2.39. The summed E-state index contributed by atoms with van der Waals surface area (Å²) < 4.78 is 2.67. The molecule has 1 aromatic heterocycles. The number of fused-ring (bicyclic) bond motifs is 2. The van der Waals surface area contributed by atoms with Crippen LogP contribution in [0.5, 0.6) is 5.75 Å². The number of amides is 14. The molecule has 1 aliphatic heterocycles. The van der Waals surface area contributed by atoms with Gasteiger partial charge in [-0.1, -0.05) is 138 Å². The van der Waals surface area contributed by atoms with Crippen LogP contribution in [-0.4, -0.2) is 213 Å². The summed E-state index contributed by atoms with van der Waals surface area (Å²) in [5.74, 6) is -16.3. The predicted molar refractivity (Wildman–Crippen MR) is 507 cm³/mol. The number of ether oxygens (including phenoxy) is 1. The molecule has 0 saturated carbocycles. The van der Waals surface area contributed by atoms with Crippen molar-refractivity contribution in [2.75, 3.05) is 32.8 Å². The first-order chi connectivity index (χ1) is 62.8. The van der Waals surface area contributed by atoms with Crippen LogP contribution in [0.4, 0.5) is 4.79 Å². The Kier molecular flexibility index (Phi) is 41.5. The van der Waals surface area contributed by atoms with Crippen LogP contribution in [-0.2, 0) is 102 Å². The number of aromatic amines is 1. The zero-order valence-corrected chi connectivity index (χ0v) is 79.1. The van der Waals surface area contributed by atoms with Gasteiger partial charge in [0.15, 0.2) is 23.1 Å². The number of aliphatic hydroxyl groups excluding tert-OH is 1. The summed E-state index contributed by atoms with van der Waals surface area (Å²) in [7, 11) is 1.87. The van der Waals surface area contributed by atoms with E-state index in [4.69, 9.17) is 33.4 Å². The Labute approximate surface area is 782 Å². The van der Waals surface area contributed by atoms with Crippen LogP contribution in [0, 0.1) is 31.1 Å². The van der Waals surface area contributed by atoms with E-state index in [0.29, 0.717) is 46.2 Å². The van der Waals surface area contributed by atoms with Gasteiger partial charge in [0.25, 0.3) is 0 Å². The van der Waals surface area contributed by atoms with Crippen molar-refractivity contribution < 1.29 is 91.4 Å². The van der Waals surface area contributed by atoms with Crippen molar-refractivity contribution in [3.8, 4) is 5.75 Å². The largest absolute Gasteiger partial charge is 0.492 e. The van der Waals surface area contributed by atoms with Gasteiger partial charge in [0, 0.05) is 98.1 Å². The van der Waals surface area contributed by atoms with E-state index in [2.05, 4.69) is 63.5 Å². The van der Waals surface area contributed by atoms with Gasteiger partial charge < -0.3 is 102 Å². The van der Waals surface area contributed by atoms with E-state index in [-0.39, 0.29) is 103 Å². The molecule has 2 heterocycles. The van der Waals surface area contributed by atoms with Crippen LogP contribution < -0.4 is 91.9 Å². The minimum atomic E-state index is -1.93. The normalized spacial score (nSPS) is 19.1. The molecule has 13 atom stereocenters. The van der Waals surface area contributed by atoms with Crippen molar-refractivity contribution in [1.29, 1.82) is 0 Å². The molecule has 6 aromatic rings. The molecule has 14 amide bonds. The van der Waals surface area contributed by atoms with E-state index in [0.717, 1.165) is 62.9 Å². The monoisotopic (exact) mass is 1880 g/mol. The first kappa shape index (κ1) is 108. The molecule has 1 fully saturated rings. The number of Topliss-reactive ketones (excluding diaryl/α,β-unsaturated/α-hetero) is 4. The Balaban J connectivity index is 1.36. The lowest BCUT2D eigenvalue weighted by Crippen LogP contribution is -2.63. The van der Waals surface area contributed by atoms with Gasteiger partial charge in [0.1, 0.15) is 48.6 Å². The fourth-order valence-electron chi connectivity index (χ4n) is 15.8. The highest BCUT2D eigenvalue weighted by Crippen LogP contribution is 2.47. The van der Waals surface area contributed by atoms with Gasteiger partial charge in [0.05, 0.1) is 42.0 Å². The van der Waals surface area contributed by atoms with Crippen molar-refractivity contribution in [2.24, 2.45) is 45.9 Å². The topological polar surface area (TPSA) is 598 Å². The third-order valence-electron chi connectivity index (χ3n) is 23.3. The van der Waals surface area contributed by atoms with E-state index < -0.39 is 213 Å². The molecule has 0 unspecified atom stereocenters. The highest BCUT2D eigenvalue weighted by Gasteiger charge is 2.47. The molecule has 1 saturated heterocycles. The second kappa shape index (κ2) is 51.2. The number of nitrogens with one attached hydrogen (secondary N) is 12. The van der Waals surface area contributed by atoms with Crippen LogP contribution in [0.1, 0.15) is 179 Å². The van der Waals surface area contributed by atoms with Crippen LogP contribution in [0.25, 0.3) is 21.7 Å². The molecule has 1 aliphatic rings. The second-order valence-corrected chi connectivity index (χ2v) is 39.1. The lowest BCUT2D eigenvalue weighted by atomic mass is 9.77. The number of primary amides is 3. The molecule has 5 aromatic carbocycles. The van der Waals surface area contributed by atoms with Crippen molar-refractivity contribution in [3.05, 3.63) is 149 Å². The first-order valence-corrected chi connectivity index (χ1v) is 46.8. The number of rotatable bonds is 46. The first-order valence-electron chi connectivity index (χ1n) is 44.7. The number of aryl methyl sites for hydroxylation is 2. The summed E-state index contributed by atoms with van der Waals surface area (Å²) >= 11 is 0. The quantitative estimate of drug-likeness (QED) is 0.0192. The Hall–Kier alpha value is -12.1. The number of ketones is 4. The summed E-state index contributed by atoms with van der Waals surface area (Å²) in [6, 6.07) is 16.5. The molecule has 38 heteroatoms. The van der Waals surface area contributed by atoms with Gasteiger partial charge >= 0.3 is 6.03 Å². The summed E-state index contributed by atoms with van der Waals surface area (Å²) in [5.41, 5.74) is 31.7. The standard InChI is InChI=1S/C95H131N17O19S2/c1-53-26-28-60(29-27-53)44-71(55(3)113)106-85(123)65(49-78(98)120)47-75(117)69(24-14-17-39-101-57(5)115)110-91(129)95(11,36-15-16-37-96)51-77(119)72(45-61-30-33-62-21-12-13-22-63(62)43-61)107-84(122)64(42-59-31-34-67(35-32-59)131-41-38-97)48-76(118)82-93(7,8)132-133-94(9,10)83(104-58(6)116)90(128)109-74(50-79(99)121)88(126)111-81(56(4)114)89(127)108-73(46-66-52-103-80-54(2)20-18-23-68(66)80)87(125)105-70(86(124)112-82)25-19-40-102-92(100)130/h12-13,18,20-23,26-35,43,52,56,64-65,69-74,81-83,103,114H,14-17,19,24-25,36-42,44-51,96-97H2,1-11H3,(H2,98,120)(H2,99,121)(H,101,115)(H,104,116)(H,105,125)(H,106,123)(H,107,122)(H,108,127)(H,109,128)(H,110,129)(H,111,126)(H,112,124)(H3,100,102,130)/t56-,64-,65+,69+,70+,71-,72+,73+,74+,81+,82-,83-,95-/m1/s1. The Morgan fingerprint density at radius 2 is 1.17 bits per heavy atom. The maximum Gasteiger partial charge on any atom is 0.312 e. The number of hydrogen-bond acceptors (Lipinski definition) is 23. The van der Waals surface area contributed by atoms with Crippen molar-refractivity contribution in [1.82, 2.24) is 63.5 Å². The SMILES string of the molecule is CC(=O)NCCCC[C@H](NC(=O)[C@](C)(CCCCN)CC(=O)[C@H](Cc1ccc2ccccc2c1)NC(=O)[C@@H](CC(=O)[C@H]1NC(=O)[C@H](CCCNC(N)=O)NC(=O)[C@H](Cc2c[nH]c3c(C)cccc23)NC(=O)[C@H]([C@@H](C)O)NC(=O)[C@H](CC(N)=O)NC(=O)[C@@H](NC(C)=O)C(C)(C)SSC1(C)C)Cc1ccc(OCCN)cc1)C(=O)C[C@@H](CC(N)=O)C(=O)N[C@H](Cc1ccc(C)cc1)C(C)=O. The molecule has 133 heavy (non-hydrogen) atoms. The number of benzene rings is 5. The van der Waals surface area contributed by atoms with Gasteiger partial charge in [-0.05, 0) is 177 Å². The number of para-hydroxylation sites is 1. The molecule has 0 radical (unpaired) electrons. The van der Waals surface area contributed by atoms with Crippen LogP contribution in [0.2, 0.25) is 0 Å². The lowest BCUT2D eigenvalue weighted by molar-refractivity contribution is -0.140. The Morgan fingerprint density at radius 3 is 1.81 bits per heavy atom.